The summed E-state index contributed by atoms with van der Waals surface area (Å²) in [6, 6.07) is 9.98. The molecule has 138 valence electrons. The molecule has 0 aromatic heterocycles. The quantitative estimate of drug-likeness (QED) is 0.368. The molecule has 0 spiro atoms. The minimum Gasteiger partial charge on any atom is -0.331 e. The van der Waals surface area contributed by atoms with Gasteiger partial charge in [0.1, 0.15) is 12.2 Å². The van der Waals surface area contributed by atoms with Crippen LogP contribution in [0.3, 0.4) is 0 Å². The van der Waals surface area contributed by atoms with Crippen molar-refractivity contribution in [1.29, 1.82) is 0 Å². The third kappa shape index (κ3) is 3.85. The first kappa shape index (κ1) is 18.3. The van der Waals surface area contributed by atoms with E-state index in [2.05, 4.69) is 5.10 Å². The monoisotopic (exact) mass is 370 g/mol. The summed E-state index contributed by atoms with van der Waals surface area (Å²) in [5.41, 5.74) is 2.72. The Balaban J connectivity index is 1.63. The van der Waals surface area contributed by atoms with Crippen LogP contribution in [0.15, 0.2) is 35.4 Å². The minimum absolute atomic E-state index is 0.574. The fraction of sp³-hybridized carbons (Fsp3) is 0.278. The molecule has 1 aliphatic heterocycles. The first-order valence-electron chi connectivity index (χ1n) is 8.17. The molecule has 0 amide bonds. The maximum atomic E-state index is 13.6. The molecular formula is C18H17F5N3+. The van der Waals surface area contributed by atoms with Gasteiger partial charge in [-0.15, -0.1) is 0 Å². The summed E-state index contributed by atoms with van der Waals surface area (Å²) in [6.45, 7) is 2.40. The van der Waals surface area contributed by atoms with Crippen LogP contribution in [0.4, 0.5) is 27.6 Å². The zero-order valence-corrected chi connectivity index (χ0v) is 13.8. The zero-order valence-electron chi connectivity index (χ0n) is 13.8. The number of piperidine rings is 1. The van der Waals surface area contributed by atoms with Crippen molar-refractivity contribution in [3.05, 3.63) is 65.0 Å². The molecule has 0 bridgehead atoms. The molecule has 1 aliphatic rings. The van der Waals surface area contributed by atoms with Gasteiger partial charge < -0.3 is 4.90 Å². The number of nitrogens with zero attached hydrogens (tertiary/aromatic N) is 1. The molecule has 1 fully saturated rings. The van der Waals surface area contributed by atoms with Gasteiger partial charge in [0.05, 0.1) is 13.1 Å². The average Bonchev–Trinajstić information content (AvgIpc) is 2.67. The summed E-state index contributed by atoms with van der Waals surface area (Å²) >= 11 is 0. The number of anilines is 1. The fourth-order valence-electron chi connectivity index (χ4n) is 2.90. The molecule has 0 atom stereocenters. The van der Waals surface area contributed by atoms with Crippen LogP contribution in [0.2, 0.25) is 0 Å². The van der Waals surface area contributed by atoms with Gasteiger partial charge in [-0.1, -0.05) is 30.3 Å². The van der Waals surface area contributed by atoms with Gasteiger partial charge >= 0.3 is 0 Å². The molecule has 26 heavy (non-hydrogen) atoms. The van der Waals surface area contributed by atoms with E-state index in [-0.39, 0.29) is 0 Å². The SMILES string of the molecule is Fc1c(F)c(F)c(NN=C2CC[NH+](Cc3ccccc3)CC2)c(F)c1F. The predicted molar refractivity (Wildman–Crippen MR) is 87.4 cm³/mol. The molecule has 2 N–H and O–H groups in total. The minimum atomic E-state index is -2.18. The summed E-state index contributed by atoms with van der Waals surface area (Å²) in [4.78, 5) is 1.34. The first-order chi connectivity index (χ1) is 12.5. The van der Waals surface area contributed by atoms with Crippen LogP contribution in [0, 0.1) is 29.1 Å². The van der Waals surface area contributed by atoms with Gasteiger partial charge in [0, 0.05) is 24.1 Å². The highest BCUT2D eigenvalue weighted by atomic mass is 19.2. The smallest absolute Gasteiger partial charge is 0.200 e. The maximum absolute atomic E-state index is 13.6. The Hall–Kier alpha value is -2.48. The highest BCUT2D eigenvalue weighted by molar-refractivity contribution is 5.85. The molecule has 8 heteroatoms. The zero-order chi connectivity index (χ0) is 18.7. The molecule has 3 nitrogen and oxygen atoms in total. The van der Waals surface area contributed by atoms with Crippen LogP contribution >= 0.6 is 0 Å². The predicted octanol–water partition coefficient (Wildman–Crippen LogP) is 3.03. The molecular weight excluding hydrogens is 353 g/mol. The second-order valence-corrected chi connectivity index (χ2v) is 6.15. The van der Waals surface area contributed by atoms with E-state index in [1.165, 1.54) is 10.5 Å². The van der Waals surface area contributed by atoms with E-state index in [4.69, 9.17) is 0 Å². The number of quaternary nitrogens is 1. The summed E-state index contributed by atoms with van der Waals surface area (Å²) < 4.78 is 66.6. The van der Waals surface area contributed by atoms with Gasteiger partial charge in [-0.3, -0.25) is 5.43 Å². The highest BCUT2D eigenvalue weighted by Crippen LogP contribution is 2.27. The molecule has 0 saturated carbocycles. The topological polar surface area (TPSA) is 28.8 Å². The van der Waals surface area contributed by atoms with Gasteiger partial charge in [-0.05, 0) is 0 Å². The molecule has 0 aliphatic carbocycles. The molecule has 0 radical (unpaired) electrons. The lowest BCUT2D eigenvalue weighted by Crippen LogP contribution is -3.11. The summed E-state index contributed by atoms with van der Waals surface area (Å²) in [7, 11) is 0. The van der Waals surface area contributed by atoms with E-state index < -0.39 is 34.8 Å². The lowest BCUT2D eigenvalue weighted by atomic mass is 10.1. The Morgan fingerprint density at radius 1 is 0.808 bits per heavy atom. The van der Waals surface area contributed by atoms with E-state index in [9.17, 15) is 22.0 Å². The Kier molecular flexibility index (Phi) is 5.51. The van der Waals surface area contributed by atoms with E-state index in [1.807, 2.05) is 35.8 Å². The number of halogens is 5. The molecule has 1 heterocycles. The van der Waals surface area contributed by atoms with Crippen LogP contribution in [0.25, 0.3) is 0 Å². The second-order valence-electron chi connectivity index (χ2n) is 6.15. The van der Waals surface area contributed by atoms with Gasteiger partial charge in [-0.2, -0.15) is 5.10 Å². The van der Waals surface area contributed by atoms with Crippen LogP contribution in [0.5, 0.6) is 0 Å². The van der Waals surface area contributed by atoms with Crippen molar-refractivity contribution < 1.29 is 26.9 Å². The average molecular weight is 370 g/mol. The van der Waals surface area contributed by atoms with E-state index >= 15 is 0 Å². The number of benzene rings is 2. The Labute approximate surface area is 147 Å². The fourth-order valence-corrected chi connectivity index (χ4v) is 2.90. The Bertz CT molecular complexity index is 784. The van der Waals surface area contributed by atoms with Crippen LogP contribution in [-0.4, -0.2) is 18.8 Å². The third-order valence-corrected chi connectivity index (χ3v) is 4.37. The number of nitrogens with one attached hydrogen (secondary N) is 2. The van der Waals surface area contributed by atoms with E-state index in [1.54, 1.807) is 0 Å². The number of hydrogen-bond donors (Lipinski definition) is 2. The second kappa shape index (κ2) is 7.82. The van der Waals surface area contributed by atoms with Crippen molar-refractivity contribution in [2.24, 2.45) is 5.10 Å². The third-order valence-electron chi connectivity index (χ3n) is 4.37. The Morgan fingerprint density at radius 3 is 1.92 bits per heavy atom. The molecule has 2 aromatic rings. The lowest BCUT2D eigenvalue weighted by Gasteiger charge is -2.24. The lowest BCUT2D eigenvalue weighted by molar-refractivity contribution is -0.914. The number of hydrazone groups is 1. The van der Waals surface area contributed by atoms with Gasteiger partial charge in [0.2, 0.25) is 5.82 Å². The van der Waals surface area contributed by atoms with Crippen LogP contribution in [-0.2, 0) is 6.54 Å². The van der Waals surface area contributed by atoms with Gasteiger partial charge in [0.15, 0.2) is 23.3 Å². The van der Waals surface area contributed by atoms with Crippen molar-refractivity contribution >= 4 is 11.4 Å². The van der Waals surface area contributed by atoms with Crippen molar-refractivity contribution in [1.82, 2.24) is 0 Å². The van der Waals surface area contributed by atoms with Crippen molar-refractivity contribution in [3.63, 3.8) is 0 Å². The van der Waals surface area contributed by atoms with Crippen molar-refractivity contribution in [3.8, 4) is 0 Å². The van der Waals surface area contributed by atoms with Crippen molar-refractivity contribution in [2.75, 3.05) is 18.5 Å². The number of hydrogen-bond acceptors (Lipinski definition) is 2. The standard InChI is InChI=1S/C18H16F5N3/c19-13-14(20)16(22)18(17(23)15(13)21)25-24-12-6-8-26(9-7-12)10-11-4-2-1-3-5-11/h1-5,25H,6-10H2/p+1. The van der Waals surface area contributed by atoms with Gasteiger partial charge in [-0.25, -0.2) is 22.0 Å². The first-order valence-corrected chi connectivity index (χ1v) is 8.17. The highest BCUT2D eigenvalue weighted by Gasteiger charge is 2.26. The summed E-state index contributed by atoms with van der Waals surface area (Å²) in [6.07, 6.45) is 1.15. The number of rotatable bonds is 4. The largest absolute Gasteiger partial charge is 0.331 e. The Morgan fingerprint density at radius 2 is 1.35 bits per heavy atom. The normalized spacial score (nSPS) is 17.3. The van der Waals surface area contributed by atoms with Crippen LogP contribution in [0.1, 0.15) is 18.4 Å². The number of likely N-dealkylation sites (tertiary alicyclic amines) is 1. The van der Waals surface area contributed by atoms with Gasteiger partial charge in [0.25, 0.3) is 0 Å². The van der Waals surface area contributed by atoms with E-state index in [0.717, 1.165) is 19.6 Å². The maximum Gasteiger partial charge on any atom is 0.200 e. The molecule has 3 rings (SSSR count). The molecule has 0 unspecified atom stereocenters. The summed E-state index contributed by atoms with van der Waals surface area (Å²) in [5.74, 6) is -10.0. The van der Waals surface area contributed by atoms with Crippen molar-refractivity contribution in [2.45, 2.75) is 19.4 Å². The summed E-state index contributed by atoms with van der Waals surface area (Å²) in [5, 5.41) is 3.85. The molecule has 2 aromatic carbocycles. The van der Waals surface area contributed by atoms with E-state index in [0.29, 0.717) is 18.6 Å². The molecule has 1 saturated heterocycles. The van der Waals surface area contributed by atoms with Crippen LogP contribution < -0.4 is 10.3 Å².